The van der Waals surface area contributed by atoms with E-state index < -0.39 is 10.0 Å². The van der Waals surface area contributed by atoms with Gasteiger partial charge in [0.05, 0.1) is 11.1 Å². The molecule has 150 valence electrons. The Morgan fingerprint density at radius 1 is 1.22 bits per heavy atom. The molecule has 0 bridgehead atoms. The number of carbonyl (C=O) groups is 1. The molecule has 9 heteroatoms. The summed E-state index contributed by atoms with van der Waals surface area (Å²) in [7, 11) is -3.72. The van der Waals surface area contributed by atoms with Crippen LogP contribution in [0.15, 0.2) is 23.1 Å². The Balaban J connectivity index is 1.51. The number of sulfonamides is 1. The lowest BCUT2D eigenvalue weighted by molar-refractivity contribution is -0.126. The maximum absolute atomic E-state index is 12.8. The molecule has 2 aliphatic rings. The predicted octanol–water partition coefficient (Wildman–Crippen LogP) is 3.08. The van der Waals surface area contributed by atoms with Gasteiger partial charge in [-0.25, -0.2) is 8.42 Å². The SMILES string of the molecule is O=C(NCCC1CCCO1)C1CCN(S(=O)(=O)c2cc(Cl)ccc2Cl)CC1. The highest BCUT2D eigenvalue weighted by atomic mass is 35.5. The summed E-state index contributed by atoms with van der Waals surface area (Å²) in [4.78, 5) is 12.3. The van der Waals surface area contributed by atoms with E-state index >= 15 is 0 Å². The molecule has 2 fully saturated rings. The van der Waals surface area contributed by atoms with E-state index in [0.29, 0.717) is 24.4 Å². The van der Waals surface area contributed by atoms with E-state index in [0.717, 1.165) is 25.9 Å². The van der Waals surface area contributed by atoms with Gasteiger partial charge in [0.2, 0.25) is 15.9 Å². The molecular weight excluding hydrogens is 411 g/mol. The maximum atomic E-state index is 12.8. The van der Waals surface area contributed by atoms with Gasteiger partial charge in [0.15, 0.2) is 0 Å². The first-order valence-electron chi connectivity index (χ1n) is 9.22. The van der Waals surface area contributed by atoms with E-state index in [-0.39, 0.29) is 40.9 Å². The molecule has 0 radical (unpaired) electrons. The van der Waals surface area contributed by atoms with Crippen LogP contribution >= 0.6 is 23.2 Å². The first-order valence-corrected chi connectivity index (χ1v) is 11.4. The fourth-order valence-electron chi connectivity index (χ4n) is 3.55. The van der Waals surface area contributed by atoms with E-state index in [4.69, 9.17) is 27.9 Å². The minimum absolute atomic E-state index is 0.00849. The van der Waals surface area contributed by atoms with Crippen LogP contribution in [0.5, 0.6) is 0 Å². The van der Waals surface area contributed by atoms with Crippen LogP contribution in [0, 0.1) is 5.92 Å². The van der Waals surface area contributed by atoms with E-state index in [2.05, 4.69) is 5.32 Å². The van der Waals surface area contributed by atoms with Crippen molar-refractivity contribution in [3.05, 3.63) is 28.2 Å². The molecule has 2 saturated heterocycles. The first-order chi connectivity index (χ1) is 12.9. The van der Waals surface area contributed by atoms with Crippen LogP contribution in [0.2, 0.25) is 10.0 Å². The predicted molar refractivity (Wildman–Crippen MR) is 105 cm³/mol. The van der Waals surface area contributed by atoms with E-state index in [1.165, 1.54) is 16.4 Å². The monoisotopic (exact) mass is 434 g/mol. The quantitative estimate of drug-likeness (QED) is 0.745. The topological polar surface area (TPSA) is 75.7 Å². The lowest BCUT2D eigenvalue weighted by Gasteiger charge is -2.30. The van der Waals surface area contributed by atoms with Crippen molar-refractivity contribution >= 4 is 39.1 Å². The van der Waals surface area contributed by atoms with Crippen LogP contribution in [0.3, 0.4) is 0 Å². The van der Waals surface area contributed by atoms with Crippen molar-refractivity contribution in [2.45, 2.75) is 43.1 Å². The van der Waals surface area contributed by atoms with Crippen molar-refractivity contribution in [3.8, 4) is 0 Å². The Morgan fingerprint density at radius 2 is 1.96 bits per heavy atom. The third-order valence-electron chi connectivity index (χ3n) is 5.13. The molecule has 0 saturated carbocycles. The highest BCUT2D eigenvalue weighted by molar-refractivity contribution is 7.89. The summed E-state index contributed by atoms with van der Waals surface area (Å²) in [5.41, 5.74) is 0. The second-order valence-electron chi connectivity index (χ2n) is 6.97. The average Bonchev–Trinajstić information content (AvgIpc) is 3.17. The summed E-state index contributed by atoms with van der Waals surface area (Å²) in [6, 6.07) is 4.39. The molecule has 6 nitrogen and oxygen atoms in total. The largest absolute Gasteiger partial charge is 0.378 e. The molecule has 3 rings (SSSR count). The van der Waals surface area contributed by atoms with E-state index in [1.807, 2.05) is 0 Å². The number of rotatable bonds is 6. The van der Waals surface area contributed by atoms with Crippen LogP contribution < -0.4 is 5.32 Å². The van der Waals surface area contributed by atoms with Crippen molar-refractivity contribution in [1.82, 2.24) is 9.62 Å². The number of carbonyl (C=O) groups excluding carboxylic acids is 1. The van der Waals surface area contributed by atoms with Crippen LogP contribution in [0.25, 0.3) is 0 Å². The van der Waals surface area contributed by atoms with Crippen LogP contribution in [0.4, 0.5) is 0 Å². The van der Waals surface area contributed by atoms with Gasteiger partial charge in [0.1, 0.15) is 4.90 Å². The second kappa shape index (κ2) is 9.09. The van der Waals surface area contributed by atoms with Gasteiger partial charge in [-0.15, -0.1) is 0 Å². The fourth-order valence-corrected chi connectivity index (χ4v) is 5.75. The molecule has 27 heavy (non-hydrogen) atoms. The van der Waals surface area contributed by atoms with Gasteiger partial charge in [0, 0.05) is 37.2 Å². The molecule has 2 aliphatic heterocycles. The van der Waals surface area contributed by atoms with Crippen LogP contribution in [-0.4, -0.2) is 51.0 Å². The number of benzene rings is 1. The molecule has 0 aromatic heterocycles. The Labute approximate surface area is 170 Å². The zero-order chi connectivity index (χ0) is 19.4. The number of nitrogens with zero attached hydrogens (tertiary/aromatic N) is 1. The number of piperidine rings is 1. The summed E-state index contributed by atoms with van der Waals surface area (Å²) < 4.78 is 32.6. The fraction of sp³-hybridized carbons (Fsp3) is 0.611. The van der Waals surface area contributed by atoms with Crippen LogP contribution in [-0.2, 0) is 19.6 Å². The summed E-state index contributed by atoms with van der Waals surface area (Å²) in [6.45, 7) is 1.98. The lowest BCUT2D eigenvalue weighted by Crippen LogP contribution is -2.43. The Morgan fingerprint density at radius 3 is 2.63 bits per heavy atom. The van der Waals surface area contributed by atoms with Gasteiger partial charge in [-0.1, -0.05) is 23.2 Å². The Bertz CT molecular complexity index is 774. The molecule has 2 heterocycles. The number of amides is 1. The van der Waals surface area contributed by atoms with Gasteiger partial charge < -0.3 is 10.1 Å². The third-order valence-corrected chi connectivity index (χ3v) is 7.74. The van der Waals surface area contributed by atoms with Crippen molar-refractivity contribution < 1.29 is 17.9 Å². The molecule has 1 aromatic carbocycles. The molecule has 1 atom stereocenters. The second-order valence-corrected chi connectivity index (χ2v) is 9.72. The lowest BCUT2D eigenvalue weighted by atomic mass is 9.97. The zero-order valence-electron chi connectivity index (χ0n) is 15.0. The minimum atomic E-state index is -3.72. The smallest absolute Gasteiger partial charge is 0.244 e. The van der Waals surface area contributed by atoms with Gasteiger partial charge in [-0.05, 0) is 50.3 Å². The Hall–Kier alpha value is -0.860. The molecular formula is C18H24Cl2N2O4S. The number of halogens is 2. The van der Waals surface area contributed by atoms with Gasteiger partial charge >= 0.3 is 0 Å². The highest BCUT2D eigenvalue weighted by Gasteiger charge is 2.33. The third kappa shape index (κ3) is 5.15. The molecule has 1 unspecified atom stereocenters. The molecule has 0 spiro atoms. The van der Waals surface area contributed by atoms with Crippen molar-refractivity contribution in [2.75, 3.05) is 26.2 Å². The molecule has 1 amide bonds. The number of hydrogen-bond donors (Lipinski definition) is 1. The number of ether oxygens (including phenoxy) is 1. The zero-order valence-corrected chi connectivity index (χ0v) is 17.3. The normalized spacial score (nSPS) is 22.1. The van der Waals surface area contributed by atoms with Crippen molar-refractivity contribution in [3.63, 3.8) is 0 Å². The summed E-state index contributed by atoms with van der Waals surface area (Å²) in [5.74, 6) is -0.179. The molecule has 0 aliphatic carbocycles. The summed E-state index contributed by atoms with van der Waals surface area (Å²) >= 11 is 12.0. The van der Waals surface area contributed by atoms with Crippen molar-refractivity contribution in [2.24, 2.45) is 5.92 Å². The van der Waals surface area contributed by atoms with Crippen LogP contribution in [0.1, 0.15) is 32.1 Å². The number of nitrogens with one attached hydrogen (secondary N) is 1. The molecule has 1 aromatic rings. The van der Waals surface area contributed by atoms with Gasteiger partial charge in [-0.2, -0.15) is 4.31 Å². The minimum Gasteiger partial charge on any atom is -0.378 e. The van der Waals surface area contributed by atoms with Gasteiger partial charge in [-0.3, -0.25) is 4.79 Å². The molecule has 1 N–H and O–H groups in total. The summed E-state index contributed by atoms with van der Waals surface area (Å²) in [6.07, 6.45) is 4.19. The summed E-state index contributed by atoms with van der Waals surface area (Å²) in [5, 5.41) is 3.42. The highest BCUT2D eigenvalue weighted by Crippen LogP contribution is 2.30. The number of hydrogen-bond acceptors (Lipinski definition) is 4. The standard InChI is InChI=1S/C18H24Cl2N2O4S/c19-14-3-4-16(20)17(12-14)27(24,25)22-9-6-13(7-10-22)18(23)21-8-5-15-2-1-11-26-15/h3-4,12-13,15H,1-2,5-11H2,(H,21,23). The van der Waals surface area contributed by atoms with Crippen molar-refractivity contribution in [1.29, 1.82) is 0 Å². The van der Waals surface area contributed by atoms with Gasteiger partial charge in [0.25, 0.3) is 0 Å². The Kier molecular flexibility index (Phi) is 7.03. The first kappa shape index (κ1) is 20.9. The van der Waals surface area contributed by atoms with E-state index in [1.54, 1.807) is 6.07 Å². The average molecular weight is 435 g/mol. The maximum Gasteiger partial charge on any atom is 0.244 e. The van der Waals surface area contributed by atoms with E-state index in [9.17, 15) is 13.2 Å².